The summed E-state index contributed by atoms with van der Waals surface area (Å²) in [7, 11) is 0. The predicted octanol–water partition coefficient (Wildman–Crippen LogP) is 3.26. The molecule has 1 aromatic rings. The van der Waals surface area contributed by atoms with Crippen LogP contribution in [0.25, 0.3) is 5.57 Å². The average molecular weight is 340 g/mol. The van der Waals surface area contributed by atoms with Crippen molar-refractivity contribution in [3.8, 4) is 0 Å². The standard InChI is InChI=1S/C14H18BrN3O2/c1-14(2,3)20-13(19)18-6-4-10(5-7-18)11-8-12(15)17-9-16-11/h4,8-9H,5-7H2,1-3H3. The molecule has 0 spiro atoms. The van der Waals surface area contributed by atoms with Gasteiger partial charge in [0.1, 0.15) is 16.5 Å². The third-order valence-corrected chi connectivity index (χ3v) is 3.26. The van der Waals surface area contributed by atoms with E-state index >= 15 is 0 Å². The zero-order valence-corrected chi connectivity index (χ0v) is 13.5. The smallest absolute Gasteiger partial charge is 0.410 e. The van der Waals surface area contributed by atoms with Crippen molar-refractivity contribution in [3.63, 3.8) is 0 Å². The quantitative estimate of drug-likeness (QED) is 0.737. The van der Waals surface area contributed by atoms with Crippen LogP contribution in [-0.2, 0) is 4.74 Å². The van der Waals surface area contributed by atoms with Gasteiger partial charge in [-0.2, -0.15) is 0 Å². The van der Waals surface area contributed by atoms with Gasteiger partial charge in [0.15, 0.2) is 0 Å². The molecular weight excluding hydrogens is 322 g/mol. The van der Waals surface area contributed by atoms with E-state index in [-0.39, 0.29) is 6.09 Å². The Bertz CT molecular complexity index is 537. The van der Waals surface area contributed by atoms with Gasteiger partial charge in [0.05, 0.1) is 5.69 Å². The summed E-state index contributed by atoms with van der Waals surface area (Å²) in [5.74, 6) is 0. The van der Waals surface area contributed by atoms with E-state index < -0.39 is 5.60 Å². The molecule has 6 heteroatoms. The highest BCUT2D eigenvalue weighted by Crippen LogP contribution is 2.23. The molecule has 0 aliphatic carbocycles. The van der Waals surface area contributed by atoms with Gasteiger partial charge in [0.25, 0.3) is 0 Å². The molecule has 2 rings (SSSR count). The van der Waals surface area contributed by atoms with Crippen LogP contribution in [0, 0.1) is 0 Å². The Balaban J connectivity index is 2.02. The van der Waals surface area contributed by atoms with Crippen LogP contribution in [0.2, 0.25) is 0 Å². The number of aromatic nitrogens is 2. The van der Waals surface area contributed by atoms with Crippen LogP contribution in [-0.4, -0.2) is 39.7 Å². The zero-order chi connectivity index (χ0) is 14.8. The first-order valence-corrected chi connectivity index (χ1v) is 7.29. The molecule has 0 N–H and O–H groups in total. The van der Waals surface area contributed by atoms with Crippen molar-refractivity contribution < 1.29 is 9.53 Å². The largest absolute Gasteiger partial charge is 0.444 e. The molecule has 0 saturated carbocycles. The summed E-state index contributed by atoms with van der Waals surface area (Å²) in [6.45, 7) is 6.80. The van der Waals surface area contributed by atoms with Crippen LogP contribution in [0.5, 0.6) is 0 Å². The number of carbonyl (C=O) groups is 1. The van der Waals surface area contributed by atoms with Crippen molar-refractivity contribution in [2.24, 2.45) is 0 Å². The third kappa shape index (κ3) is 4.03. The topological polar surface area (TPSA) is 55.3 Å². The number of nitrogens with zero attached hydrogens (tertiary/aromatic N) is 3. The highest BCUT2D eigenvalue weighted by molar-refractivity contribution is 9.10. The number of carbonyl (C=O) groups excluding carboxylic acids is 1. The van der Waals surface area contributed by atoms with E-state index in [9.17, 15) is 4.79 Å². The molecule has 0 unspecified atom stereocenters. The molecule has 1 aliphatic heterocycles. The van der Waals surface area contributed by atoms with Crippen LogP contribution < -0.4 is 0 Å². The highest BCUT2D eigenvalue weighted by Gasteiger charge is 2.24. The van der Waals surface area contributed by atoms with E-state index in [1.807, 2.05) is 32.9 Å². The molecule has 0 radical (unpaired) electrons. The lowest BCUT2D eigenvalue weighted by Gasteiger charge is -2.29. The lowest BCUT2D eigenvalue weighted by atomic mass is 10.1. The number of ether oxygens (including phenoxy) is 1. The summed E-state index contributed by atoms with van der Waals surface area (Å²) >= 11 is 3.33. The summed E-state index contributed by atoms with van der Waals surface area (Å²) < 4.78 is 6.12. The number of hydrogen-bond donors (Lipinski definition) is 0. The Morgan fingerprint density at radius 3 is 2.70 bits per heavy atom. The van der Waals surface area contributed by atoms with Crippen LogP contribution in [0.4, 0.5) is 4.79 Å². The fourth-order valence-corrected chi connectivity index (χ4v) is 2.21. The molecule has 1 amide bonds. The molecule has 0 saturated heterocycles. The van der Waals surface area contributed by atoms with Crippen molar-refractivity contribution >= 4 is 27.6 Å². The van der Waals surface area contributed by atoms with Crippen LogP contribution in [0.15, 0.2) is 23.1 Å². The Hall–Kier alpha value is -1.43. The van der Waals surface area contributed by atoms with Crippen molar-refractivity contribution in [2.45, 2.75) is 32.8 Å². The van der Waals surface area contributed by atoms with E-state index in [1.165, 1.54) is 6.33 Å². The van der Waals surface area contributed by atoms with Crippen LogP contribution in [0.1, 0.15) is 32.9 Å². The van der Waals surface area contributed by atoms with E-state index in [0.29, 0.717) is 13.1 Å². The number of hydrogen-bond acceptors (Lipinski definition) is 4. The Morgan fingerprint density at radius 2 is 2.15 bits per heavy atom. The predicted molar refractivity (Wildman–Crippen MR) is 80.1 cm³/mol. The fourth-order valence-electron chi connectivity index (χ4n) is 1.90. The van der Waals surface area contributed by atoms with E-state index in [2.05, 4.69) is 25.9 Å². The van der Waals surface area contributed by atoms with Gasteiger partial charge in [-0.1, -0.05) is 6.08 Å². The van der Waals surface area contributed by atoms with E-state index in [1.54, 1.807) is 4.90 Å². The van der Waals surface area contributed by atoms with Gasteiger partial charge < -0.3 is 9.64 Å². The van der Waals surface area contributed by atoms with Gasteiger partial charge in [-0.3, -0.25) is 0 Å². The molecule has 5 nitrogen and oxygen atoms in total. The Kier molecular flexibility index (Phi) is 4.42. The maximum atomic E-state index is 12.0. The van der Waals surface area contributed by atoms with E-state index in [0.717, 1.165) is 22.3 Å². The summed E-state index contributed by atoms with van der Waals surface area (Å²) in [6.07, 6.45) is 4.04. The lowest BCUT2D eigenvalue weighted by Crippen LogP contribution is -2.39. The minimum Gasteiger partial charge on any atom is -0.444 e. The van der Waals surface area contributed by atoms with Gasteiger partial charge >= 0.3 is 6.09 Å². The normalized spacial score (nSPS) is 15.8. The van der Waals surface area contributed by atoms with Crippen molar-refractivity contribution in [3.05, 3.63) is 28.8 Å². The molecule has 0 atom stereocenters. The molecule has 1 aliphatic rings. The molecule has 108 valence electrons. The van der Waals surface area contributed by atoms with Crippen LogP contribution >= 0.6 is 15.9 Å². The number of amides is 1. The second kappa shape index (κ2) is 5.91. The Labute approximate surface area is 127 Å². The lowest BCUT2D eigenvalue weighted by molar-refractivity contribution is 0.0270. The Morgan fingerprint density at radius 1 is 1.40 bits per heavy atom. The first-order valence-electron chi connectivity index (χ1n) is 6.50. The molecule has 2 heterocycles. The second-order valence-corrected chi connectivity index (χ2v) is 6.44. The summed E-state index contributed by atoms with van der Waals surface area (Å²) in [4.78, 5) is 21.9. The van der Waals surface area contributed by atoms with Crippen molar-refractivity contribution in [1.29, 1.82) is 0 Å². The number of halogens is 1. The molecule has 0 bridgehead atoms. The average Bonchev–Trinajstić information content (AvgIpc) is 2.37. The monoisotopic (exact) mass is 339 g/mol. The molecular formula is C14H18BrN3O2. The minimum absolute atomic E-state index is 0.267. The number of rotatable bonds is 1. The summed E-state index contributed by atoms with van der Waals surface area (Å²) in [5, 5.41) is 0. The third-order valence-electron chi connectivity index (χ3n) is 2.82. The van der Waals surface area contributed by atoms with Crippen molar-refractivity contribution in [2.75, 3.05) is 13.1 Å². The van der Waals surface area contributed by atoms with Gasteiger partial charge in [0, 0.05) is 13.1 Å². The van der Waals surface area contributed by atoms with Gasteiger partial charge in [-0.15, -0.1) is 0 Å². The maximum Gasteiger partial charge on any atom is 0.410 e. The minimum atomic E-state index is -0.460. The molecule has 1 aromatic heterocycles. The fraction of sp³-hybridized carbons (Fsp3) is 0.500. The molecule has 20 heavy (non-hydrogen) atoms. The second-order valence-electron chi connectivity index (χ2n) is 5.63. The summed E-state index contributed by atoms with van der Waals surface area (Å²) in [5.41, 5.74) is 1.57. The maximum absolute atomic E-state index is 12.0. The van der Waals surface area contributed by atoms with Crippen LogP contribution in [0.3, 0.4) is 0 Å². The summed E-state index contributed by atoms with van der Waals surface area (Å²) in [6, 6.07) is 1.88. The zero-order valence-electron chi connectivity index (χ0n) is 11.9. The van der Waals surface area contributed by atoms with Crippen molar-refractivity contribution in [1.82, 2.24) is 14.9 Å². The van der Waals surface area contributed by atoms with Gasteiger partial charge in [0.2, 0.25) is 0 Å². The first-order chi connectivity index (χ1) is 9.35. The SMILES string of the molecule is CC(C)(C)OC(=O)N1CC=C(c2cc(Br)ncn2)CC1. The highest BCUT2D eigenvalue weighted by atomic mass is 79.9. The first kappa shape index (κ1) is 15.0. The van der Waals surface area contributed by atoms with E-state index in [4.69, 9.17) is 4.74 Å². The molecule has 0 aromatic carbocycles. The molecule has 0 fully saturated rings. The van der Waals surface area contributed by atoms with Gasteiger partial charge in [-0.05, 0) is 54.8 Å². The van der Waals surface area contributed by atoms with Gasteiger partial charge in [-0.25, -0.2) is 14.8 Å².